The van der Waals surface area contributed by atoms with Gasteiger partial charge in [-0.05, 0) is 255 Å². The van der Waals surface area contributed by atoms with Crippen LogP contribution in [-0.2, 0) is 9.68 Å². The second-order valence-corrected chi connectivity index (χ2v) is 42.8. The van der Waals surface area contributed by atoms with E-state index in [9.17, 15) is 45.3 Å². The number of para-hydroxylation sites is 3. The molecule has 5 N–H and O–H groups in total. The Balaban J connectivity index is 0.000000579. The van der Waals surface area contributed by atoms with E-state index < -0.39 is 30.3 Å². The standard InChI is InChI=1S/C20H15BrF2O.C18H11BrF2O2.C18H9BrO2.C14H13BFO3.C14H13FO.C8H11BO3.C6H3BrFI.C6H4BrF.CH2Cl2.CH4NP.CH2O3.CH4.BBr3.2K.H2.H/c1-12-14(17-11-13(21)7-10-19(17)23)8-9-16(20(12)24-2)15-5-3-4-6-18(15)22;19-10-5-8-16(21)14(9-10)13-7-6-12(17(22)18(13)23)11-3-1-2-4-15(11)20;19-10-5-8-16-14(9-10)13-7-6-12-11-3-1-2-4-15(11)20-17(12)18(13)21-16;1-9-13(19-15-17)8-7-11(14(9)18-2)10-5-3-4-6-12(10)16;1-10-6-5-8-12(14(10)16-2)11-7-3-4-9-13(11)15;1-6-4-3-5-7(9(10)11)8(6)12-2;7-4-1-2-5(8)6(9)3-4;7-5-3-1-2-4-6(5)8;2-1-3;1-2-3;2-1-4-3;;2-1(3)4;;;;/h3-11H,1-2H3;1-9,22-23H;1-9H;3-8,17H,1-2H3;3-9H,1-2H3;3-5,10-11H,1-2H3;1-3H;1-4H;1H2;3H,1H3;1,3H;1H4;;;;1H;/q;;;;;;;;;;;;;2*+1;;-1/p-1/i;;;;;;;;;;;;;;;1+1;. The zero-order valence-electron chi connectivity index (χ0n) is 81.3. The summed E-state index contributed by atoms with van der Waals surface area (Å²) in [5.41, 5.74) is 12.5. The number of phenolic OH excluding ortho intramolecular Hbond substituents is 2. The third-order valence-electron chi connectivity index (χ3n) is 20.4. The number of alkyl halides is 2. The van der Waals surface area contributed by atoms with Crippen LogP contribution in [-0.4, -0.2) is 90.6 Å². The molecule has 769 valence electrons. The number of carbonyl (C=O) groups is 1. The summed E-state index contributed by atoms with van der Waals surface area (Å²) in [5.74, 6) is -0.848. The van der Waals surface area contributed by atoms with Gasteiger partial charge in [0.05, 0.1) is 38.3 Å². The number of methoxy groups -OCH3 is 4. The molecule has 0 aliphatic rings. The molecule has 16 nitrogen and oxygen atoms in total. The maximum atomic E-state index is 14.2. The van der Waals surface area contributed by atoms with Gasteiger partial charge in [-0.25, -0.2) is 35.1 Å². The summed E-state index contributed by atoms with van der Waals surface area (Å²) in [4.78, 5) is 11.2. The predicted molar refractivity (Wildman–Crippen MR) is 619 cm³/mol. The van der Waals surface area contributed by atoms with E-state index in [1.54, 1.807) is 155 Å². The number of hydrogen-bond donors (Lipinski definition) is 5. The minimum absolute atomic E-state index is 0. The Morgan fingerprint density at radius 2 is 0.752 bits per heavy atom. The minimum atomic E-state index is -1.47. The molecule has 0 bridgehead atoms. The van der Waals surface area contributed by atoms with Gasteiger partial charge < -0.3 is 69.3 Å². The van der Waals surface area contributed by atoms with Crippen molar-refractivity contribution < 1.29 is 213 Å². The monoisotopic (exact) mass is 2770 g/mol. The Morgan fingerprint density at radius 1 is 0.423 bits per heavy atom. The van der Waals surface area contributed by atoms with Crippen LogP contribution in [0.3, 0.4) is 0 Å². The van der Waals surface area contributed by atoms with Crippen LogP contribution in [0.2, 0.25) is 0 Å². The zero-order valence-corrected chi connectivity index (χ0v) is 104. The van der Waals surface area contributed by atoms with Gasteiger partial charge in [-0.15, -0.1) is 70.5 Å². The van der Waals surface area contributed by atoms with Gasteiger partial charge in [-0.2, -0.15) is 0 Å². The zero-order chi connectivity index (χ0) is 108. The molecule has 1 radical (unpaired) electrons. The van der Waals surface area contributed by atoms with Crippen molar-refractivity contribution in [2.24, 2.45) is 4.74 Å². The van der Waals surface area contributed by atoms with Crippen LogP contribution in [0, 0.1) is 77.8 Å². The third-order valence-corrected chi connectivity index (χ3v) is 23.9. The van der Waals surface area contributed by atoms with E-state index in [-0.39, 0.29) is 185 Å². The predicted octanol–water partition coefficient (Wildman–Crippen LogP) is 28.0. The number of phenols is 2. The summed E-state index contributed by atoms with van der Waals surface area (Å²) >= 11 is 37.1. The summed E-state index contributed by atoms with van der Waals surface area (Å²) in [7, 11) is 9.76. The van der Waals surface area contributed by atoms with Crippen LogP contribution in [0.1, 0.15) is 32.5 Å². The molecule has 2 aromatic heterocycles. The van der Waals surface area contributed by atoms with E-state index >= 15 is 0 Å². The summed E-state index contributed by atoms with van der Waals surface area (Å²) in [6.07, 6.45) is 0. The smallest absolute Gasteiger partial charge is 1.00 e. The Labute approximate surface area is 1040 Å². The second kappa shape index (κ2) is 69.9. The molecule has 16 aromatic carbocycles. The molecule has 149 heavy (non-hydrogen) atoms. The van der Waals surface area contributed by atoms with Crippen LogP contribution < -0.4 is 137 Å². The molecule has 0 amide bonds. The average molecular weight is 2780 g/mol. The molecule has 0 saturated carbocycles. The number of ether oxygens (including phenoxy) is 4. The van der Waals surface area contributed by atoms with E-state index in [1.165, 1.54) is 106 Å². The first kappa shape index (κ1) is 134. The van der Waals surface area contributed by atoms with Gasteiger partial charge in [0, 0.05) is 124 Å². The van der Waals surface area contributed by atoms with Crippen LogP contribution in [0.25, 0.3) is 111 Å². The topological polar surface area (TPSA) is 235 Å². The van der Waals surface area contributed by atoms with Crippen LogP contribution >= 0.6 is 182 Å². The van der Waals surface area contributed by atoms with Crippen molar-refractivity contribution in [2.45, 2.75) is 35.1 Å². The molecule has 0 aliphatic carbocycles. The quantitative estimate of drug-likeness (QED) is 0.00651. The van der Waals surface area contributed by atoms with Gasteiger partial charge in [-0.1, -0.05) is 217 Å². The molecule has 0 saturated heterocycles. The van der Waals surface area contributed by atoms with Gasteiger partial charge in [0.25, 0.3) is 6.47 Å². The third kappa shape index (κ3) is 39.5. The normalized spacial score (nSPS) is 9.85. The number of carbonyl (C=O) groups excluding carboxylic acids is 1. The molecule has 18 rings (SSSR count). The van der Waals surface area contributed by atoms with E-state index in [2.05, 4.69) is 170 Å². The van der Waals surface area contributed by atoms with Crippen molar-refractivity contribution in [3.8, 4) is 107 Å². The first-order valence-corrected chi connectivity index (χ1v) is 51.7. The van der Waals surface area contributed by atoms with Gasteiger partial charge in [0.2, 0.25) is 0 Å². The van der Waals surface area contributed by atoms with Crippen molar-refractivity contribution >= 4 is 256 Å². The number of benzene rings is 16. The Morgan fingerprint density at radius 3 is 1.16 bits per heavy atom. The van der Waals surface area contributed by atoms with Crippen molar-refractivity contribution in [1.29, 1.82) is 0 Å². The maximum Gasteiger partial charge on any atom is 1.00 e. The number of fused-ring (bicyclic) bond motifs is 7. The Hall–Kier alpha value is -6.81. The van der Waals surface area contributed by atoms with Gasteiger partial charge in [0.1, 0.15) is 86.5 Å². The largest absolute Gasteiger partial charge is 1.00 e. The number of hydrogen-bond acceptors (Lipinski definition) is 16. The molecule has 0 fully saturated rings. The molecule has 0 unspecified atom stereocenters. The van der Waals surface area contributed by atoms with E-state index in [1.807, 2.05) is 104 Å². The van der Waals surface area contributed by atoms with Crippen LogP contribution in [0.5, 0.6) is 40.2 Å². The van der Waals surface area contributed by atoms with Crippen molar-refractivity contribution in [2.75, 3.05) is 40.8 Å². The second-order valence-electron chi connectivity index (χ2n) is 29.5. The summed E-state index contributed by atoms with van der Waals surface area (Å²) in [5, 5.41) is 60.1. The number of rotatable bonds is 14. The molecular weight excluding hydrogens is 2680 g/mol. The Kier molecular flexibility index (Phi) is 63.1. The molecule has 2 heterocycles. The van der Waals surface area contributed by atoms with Gasteiger partial charge >= 0.3 is 121 Å². The number of nitrogens with zero attached hydrogens (tertiary/aromatic N) is 1. The molecular formula is C108H93B3Br8Cl2F8IK2NO15P. The van der Waals surface area contributed by atoms with Gasteiger partial charge in [0.15, 0.2) is 22.7 Å². The molecule has 18 aromatic rings. The fraction of sp³-hybridized carbons (Fsp3) is 0.102. The van der Waals surface area contributed by atoms with E-state index in [4.69, 9.17) is 80.8 Å². The first-order valence-electron chi connectivity index (χ1n) is 42.4. The van der Waals surface area contributed by atoms with Crippen LogP contribution in [0.4, 0.5) is 35.1 Å². The number of halogens is 19. The summed E-state index contributed by atoms with van der Waals surface area (Å²) < 4.78 is 155. The Bertz CT molecular complexity index is 7400. The maximum absolute atomic E-state index is 14.2. The first-order chi connectivity index (χ1) is 69.9. The molecule has 0 spiro atoms. The van der Waals surface area contributed by atoms with Gasteiger partial charge in [-0.3, -0.25) is 9.54 Å². The SMILES string of the molecule is BrB(Br)Br.Brc1ccc2oc3c(ccc4c5ccccc5oc43)c2c1.C.CN=P.COc1c(-c2ccccc2F)ccc(-c2cc(Br)ccc2F)c1C.COc1c(-c2ccccc2F)ccc(O[B]O)c1C.COc1c(C)cccc1-c1ccccc1F.COc1c(C)cccc1B(O)O.ClCCl.Fc1ccc(Br)cc1I.Fc1ccccc1Br.O=CO[O-].Oc1c(-c2ccccc2F)ccc(-c2cc(Br)ccc2F)c1O.[2HH].[H-].[K+].[K+]. The molecule has 0 aliphatic heterocycles. The van der Waals surface area contributed by atoms with Crippen molar-refractivity contribution in [1.82, 2.24) is 0 Å². The van der Waals surface area contributed by atoms with Crippen molar-refractivity contribution in [3.05, 3.63) is 398 Å². The molecule has 41 heteroatoms. The molecule has 0 atom stereocenters. The van der Waals surface area contributed by atoms with E-state index in [0.717, 1.165) is 85.3 Å². The summed E-state index contributed by atoms with van der Waals surface area (Å²) in [6, 6.07) is 85.1. The van der Waals surface area contributed by atoms with Crippen molar-refractivity contribution in [3.63, 3.8) is 0 Å². The number of aryl methyl sites for hydroxylation is 2. The van der Waals surface area contributed by atoms with E-state index in [0.29, 0.717) is 93.2 Å². The number of aromatic hydroxyl groups is 2. The fourth-order valence-corrected chi connectivity index (χ4v) is 16.8. The van der Waals surface area contributed by atoms with Crippen LogP contribution in [0.15, 0.2) is 339 Å². The number of furan rings is 2. The minimum Gasteiger partial charge on any atom is -1.00 e. The average Bonchev–Trinajstić information content (AvgIpc) is 1.59. The fourth-order valence-electron chi connectivity index (χ4n) is 14.1. The summed E-state index contributed by atoms with van der Waals surface area (Å²) in [6.45, 7) is 7.24.